The van der Waals surface area contributed by atoms with Gasteiger partial charge in [0.2, 0.25) is 0 Å². The zero-order valence-electron chi connectivity index (χ0n) is 10.1. The molecule has 0 aromatic heterocycles. The highest BCUT2D eigenvalue weighted by molar-refractivity contribution is 7.87. The Labute approximate surface area is 109 Å². The van der Waals surface area contributed by atoms with E-state index in [0.29, 0.717) is 12.0 Å². The summed E-state index contributed by atoms with van der Waals surface area (Å²) >= 11 is 0. The molecule has 0 spiro atoms. The zero-order valence-corrected chi connectivity index (χ0v) is 10.9. The number of nitrogens with one attached hydrogen (secondary N) is 1. The molecule has 1 rings (SSSR count). The van der Waals surface area contributed by atoms with Crippen molar-refractivity contribution in [3.05, 3.63) is 23.8 Å². The van der Waals surface area contributed by atoms with E-state index in [0.717, 1.165) is 0 Å². The fraction of sp³-hybridized carbons (Fsp3) is 0.400. The molecule has 108 valence electrons. The third kappa shape index (κ3) is 5.81. The van der Waals surface area contributed by atoms with Crippen molar-refractivity contribution in [2.45, 2.75) is 13.0 Å². The summed E-state index contributed by atoms with van der Waals surface area (Å²) in [5, 5.41) is 4.77. The van der Waals surface area contributed by atoms with E-state index < -0.39 is 16.8 Å². The predicted molar refractivity (Wildman–Crippen MR) is 64.4 cm³/mol. The number of nitrogens with two attached hydrogens (primary N) is 1. The molecule has 1 aromatic rings. The number of benzene rings is 1. The maximum absolute atomic E-state index is 12.1. The molecule has 3 N–H and O–H groups in total. The molecule has 0 bridgehead atoms. The zero-order chi connectivity index (χ0) is 14.5. The highest BCUT2D eigenvalue weighted by Gasteiger charge is 2.11. The Hall–Kier alpha value is -1.45. The van der Waals surface area contributed by atoms with Crippen LogP contribution in [0.25, 0.3) is 0 Å². The van der Waals surface area contributed by atoms with E-state index in [1.165, 1.54) is 25.3 Å². The Kier molecular flexibility index (Phi) is 5.45. The summed E-state index contributed by atoms with van der Waals surface area (Å²) in [4.78, 5) is 0. The first-order valence-electron chi connectivity index (χ1n) is 5.21. The second-order valence-electron chi connectivity index (χ2n) is 3.55. The lowest BCUT2D eigenvalue weighted by atomic mass is 10.1. The second-order valence-corrected chi connectivity index (χ2v) is 4.93. The van der Waals surface area contributed by atoms with E-state index >= 15 is 0 Å². The molecule has 0 fully saturated rings. The maximum atomic E-state index is 12.1. The van der Waals surface area contributed by atoms with E-state index in [1.54, 1.807) is 0 Å². The van der Waals surface area contributed by atoms with E-state index in [-0.39, 0.29) is 18.0 Å². The molecule has 0 aliphatic heterocycles. The molecule has 0 saturated carbocycles. The molecule has 0 unspecified atom stereocenters. The smallest absolute Gasteiger partial charge is 0.387 e. The Morgan fingerprint density at radius 1 is 1.37 bits per heavy atom. The van der Waals surface area contributed by atoms with Gasteiger partial charge in [0, 0.05) is 6.54 Å². The van der Waals surface area contributed by atoms with Crippen LogP contribution in [0.15, 0.2) is 18.2 Å². The van der Waals surface area contributed by atoms with Crippen LogP contribution in [0.4, 0.5) is 8.78 Å². The van der Waals surface area contributed by atoms with Crippen LogP contribution in [0.3, 0.4) is 0 Å². The number of halogens is 2. The van der Waals surface area contributed by atoms with E-state index in [4.69, 9.17) is 9.88 Å². The summed E-state index contributed by atoms with van der Waals surface area (Å²) in [6.07, 6.45) is 0.335. The lowest BCUT2D eigenvalue weighted by molar-refractivity contribution is -0.0512. The summed E-state index contributed by atoms with van der Waals surface area (Å²) in [6.45, 7) is -2.85. The van der Waals surface area contributed by atoms with E-state index in [1.807, 2.05) is 0 Å². The summed E-state index contributed by atoms with van der Waals surface area (Å²) in [5.41, 5.74) is 0.689. The second kappa shape index (κ2) is 6.64. The molecule has 9 heteroatoms. The minimum Gasteiger partial charge on any atom is -0.493 e. The van der Waals surface area contributed by atoms with Crippen LogP contribution in [0.2, 0.25) is 0 Å². The first kappa shape index (κ1) is 15.6. The monoisotopic (exact) mass is 296 g/mol. The van der Waals surface area contributed by atoms with Crippen molar-refractivity contribution in [1.29, 1.82) is 0 Å². The molecular weight excluding hydrogens is 282 g/mol. The van der Waals surface area contributed by atoms with Crippen molar-refractivity contribution in [2.24, 2.45) is 5.14 Å². The van der Waals surface area contributed by atoms with Crippen LogP contribution in [0.1, 0.15) is 5.56 Å². The van der Waals surface area contributed by atoms with Crippen LogP contribution in [-0.4, -0.2) is 28.7 Å². The predicted octanol–water partition coefficient (Wildman–Crippen LogP) is 0.632. The van der Waals surface area contributed by atoms with Gasteiger partial charge in [0.25, 0.3) is 10.2 Å². The van der Waals surface area contributed by atoms with Crippen LogP contribution in [0, 0.1) is 0 Å². The number of hydrogen-bond donors (Lipinski definition) is 2. The Balaban J connectivity index is 2.71. The number of rotatable bonds is 7. The Morgan fingerprint density at radius 3 is 2.58 bits per heavy atom. The minimum atomic E-state index is -3.74. The fourth-order valence-corrected chi connectivity index (χ4v) is 1.79. The van der Waals surface area contributed by atoms with Gasteiger partial charge in [0.1, 0.15) is 0 Å². The first-order valence-corrected chi connectivity index (χ1v) is 6.75. The summed E-state index contributed by atoms with van der Waals surface area (Å²) in [7, 11) is -2.42. The number of alkyl halides is 2. The Bertz CT molecular complexity index is 522. The number of ether oxygens (including phenoxy) is 2. The van der Waals surface area contributed by atoms with Gasteiger partial charge in [0.05, 0.1) is 7.11 Å². The molecule has 0 radical (unpaired) electrons. The summed E-state index contributed by atoms with van der Waals surface area (Å²) in [6, 6.07) is 4.35. The largest absolute Gasteiger partial charge is 0.493 e. The lowest BCUT2D eigenvalue weighted by Crippen LogP contribution is -2.32. The molecular formula is C10H14F2N2O4S. The van der Waals surface area contributed by atoms with Crippen molar-refractivity contribution < 1.29 is 26.7 Å². The fourth-order valence-electron chi connectivity index (χ4n) is 1.40. The van der Waals surface area contributed by atoms with Gasteiger partial charge in [-0.25, -0.2) is 9.86 Å². The SMILES string of the molecule is COc1cc(CCNS(N)(=O)=O)ccc1OC(F)F. The van der Waals surface area contributed by atoms with Crippen LogP contribution in [-0.2, 0) is 16.6 Å². The van der Waals surface area contributed by atoms with E-state index in [9.17, 15) is 17.2 Å². The van der Waals surface area contributed by atoms with Crippen molar-refractivity contribution in [3.8, 4) is 11.5 Å². The molecule has 0 amide bonds. The first-order chi connectivity index (χ1) is 8.81. The number of hydrogen-bond acceptors (Lipinski definition) is 4. The Morgan fingerprint density at radius 2 is 2.05 bits per heavy atom. The third-order valence-electron chi connectivity index (χ3n) is 2.16. The van der Waals surface area contributed by atoms with Gasteiger partial charge in [-0.1, -0.05) is 6.07 Å². The summed E-state index contributed by atoms with van der Waals surface area (Å²) < 4.78 is 56.8. The van der Waals surface area contributed by atoms with Crippen LogP contribution in [0.5, 0.6) is 11.5 Å². The molecule has 0 aliphatic carbocycles. The van der Waals surface area contributed by atoms with Crippen LogP contribution < -0.4 is 19.3 Å². The van der Waals surface area contributed by atoms with Crippen molar-refractivity contribution in [1.82, 2.24) is 4.72 Å². The van der Waals surface area contributed by atoms with Crippen molar-refractivity contribution >= 4 is 10.2 Å². The molecule has 0 atom stereocenters. The molecule has 19 heavy (non-hydrogen) atoms. The van der Waals surface area contributed by atoms with Crippen LogP contribution >= 0.6 is 0 Å². The van der Waals surface area contributed by atoms with Gasteiger partial charge >= 0.3 is 6.61 Å². The molecule has 0 aliphatic rings. The van der Waals surface area contributed by atoms with Gasteiger partial charge in [-0.3, -0.25) is 0 Å². The topological polar surface area (TPSA) is 90.6 Å². The van der Waals surface area contributed by atoms with Crippen molar-refractivity contribution in [3.63, 3.8) is 0 Å². The minimum absolute atomic E-state index is 0.0827. The highest BCUT2D eigenvalue weighted by atomic mass is 32.2. The number of methoxy groups -OCH3 is 1. The molecule has 0 saturated heterocycles. The van der Waals surface area contributed by atoms with Gasteiger partial charge in [-0.05, 0) is 24.1 Å². The van der Waals surface area contributed by atoms with Gasteiger partial charge in [-0.2, -0.15) is 17.2 Å². The van der Waals surface area contributed by atoms with Gasteiger partial charge in [-0.15, -0.1) is 0 Å². The van der Waals surface area contributed by atoms with Gasteiger partial charge < -0.3 is 9.47 Å². The molecule has 0 heterocycles. The van der Waals surface area contributed by atoms with Crippen molar-refractivity contribution in [2.75, 3.05) is 13.7 Å². The van der Waals surface area contributed by atoms with Gasteiger partial charge in [0.15, 0.2) is 11.5 Å². The molecule has 1 aromatic carbocycles. The average Bonchev–Trinajstić information content (AvgIpc) is 2.28. The third-order valence-corrected chi connectivity index (χ3v) is 2.77. The maximum Gasteiger partial charge on any atom is 0.387 e. The summed E-state index contributed by atoms with van der Waals surface area (Å²) in [5.74, 6) is 0.0639. The average molecular weight is 296 g/mol. The normalized spacial score (nSPS) is 11.6. The quantitative estimate of drug-likeness (QED) is 0.772. The molecule has 6 nitrogen and oxygen atoms in total. The highest BCUT2D eigenvalue weighted by Crippen LogP contribution is 2.29. The van der Waals surface area contributed by atoms with E-state index in [2.05, 4.69) is 9.46 Å². The lowest BCUT2D eigenvalue weighted by Gasteiger charge is -2.11. The standard InChI is InChI=1S/C10H14F2N2O4S/c1-17-9-6-7(4-5-14-19(13,15)16)2-3-8(9)18-10(11)12/h2-3,6,10,14H,4-5H2,1H3,(H2,13,15,16).